The van der Waals surface area contributed by atoms with E-state index in [4.69, 9.17) is 18.9 Å². The van der Waals surface area contributed by atoms with E-state index in [0.29, 0.717) is 0 Å². The molecule has 0 amide bonds. The predicted molar refractivity (Wildman–Crippen MR) is 150 cm³/mol. The Morgan fingerprint density at radius 1 is 1.07 bits per heavy atom. The molecule has 0 aromatic rings. The number of aliphatic hydroxyl groups is 6. The highest BCUT2D eigenvalue weighted by molar-refractivity contribution is 5.90. The van der Waals surface area contributed by atoms with E-state index in [9.17, 15) is 49.8 Å². The zero-order valence-electron chi connectivity index (χ0n) is 26.7. The van der Waals surface area contributed by atoms with Crippen LogP contribution in [-0.4, -0.2) is 120 Å². The highest BCUT2D eigenvalue weighted by Gasteiger charge is 2.87. The Morgan fingerprint density at radius 3 is 2.30 bits per heavy atom. The maximum absolute atomic E-state index is 14.1. The minimum Gasteiger partial charge on any atom is -0.459 e. The second-order valence-electron chi connectivity index (χ2n) is 15.6. The molecular formula is C32H44O14. The van der Waals surface area contributed by atoms with Gasteiger partial charge in [0, 0.05) is 48.3 Å². The molecule has 3 unspecified atom stereocenters. The monoisotopic (exact) mass is 652 g/mol. The van der Waals surface area contributed by atoms with Crippen molar-refractivity contribution in [1.29, 1.82) is 0 Å². The van der Waals surface area contributed by atoms with Crippen molar-refractivity contribution < 1.29 is 68.8 Å². The van der Waals surface area contributed by atoms with E-state index in [0.717, 1.165) is 6.92 Å². The number of ketones is 2. The van der Waals surface area contributed by atoms with Crippen LogP contribution in [0.3, 0.4) is 0 Å². The molecule has 2 aliphatic heterocycles. The number of ether oxygens (including phenoxy) is 4. The highest BCUT2D eigenvalue weighted by atomic mass is 16.8. The van der Waals surface area contributed by atoms with Gasteiger partial charge in [0.15, 0.2) is 17.5 Å². The number of carbonyl (C=O) groups excluding carboxylic acids is 4. The van der Waals surface area contributed by atoms with Gasteiger partial charge in [-0.25, -0.2) is 4.79 Å². The van der Waals surface area contributed by atoms with E-state index in [1.165, 1.54) is 20.8 Å². The summed E-state index contributed by atoms with van der Waals surface area (Å²) < 4.78 is 22.9. The summed E-state index contributed by atoms with van der Waals surface area (Å²) in [5, 5.41) is 70.9. The topological polar surface area (TPSA) is 233 Å². The van der Waals surface area contributed by atoms with Crippen molar-refractivity contribution in [2.45, 2.75) is 127 Å². The Hall–Kier alpha value is -2.04. The molecule has 14 heteroatoms. The minimum absolute atomic E-state index is 0.0180. The van der Waals surface area contributed by atoms with Crippen molar-refractivity contribution in [3.05, 3.63) is 0 Å². The average molecular weight is 653 g/mol. The summed E-state index contributed by atoms with van der Waals surface area (Å²) in [7, 11) is 0. The third kappa shape index (κ3) is 3.70. The number of epoxide rings is 2. The summed E-state index contributed by atoms with van der Waals surface area (Å²) in [5.74, 6) is -11.9. The lowest BCUT2D eigenvalue weighted by molar-refractivity contribution is -0.270. The second-order valence-corrected chi connectivity index (χ2v) is 15.6. The maximum Gasteiger partial charge on any atom is 0.340 e. The van der Waals surface area contributed by atoms with Crippen LogP contribution in [0.2, 0.25) is 0 Å². The largest absolute Gasteiger partial charge is 0.459 e. The van der Waals surface area contributed by atoms with Gasteiger partial charge in [-0.3, -0.25) is 14.4 Å². The fourth-order valence-electron chi connectivity index (χ4n) is 11.3. The first-order valence-corrected chi connectivity index (χ1v) is 16.2. The molecule has 46 heavy (non-hydrogen) atoms. The van der Waals surface area contributed by atoms with Gasteiger partial charge in [0.1, 0.15) is 30.2 Å². The van der Waals surface area contributed by atoms with E-state index in [1.807, 2.05) is 0 Å². The van der Waals surface area contributed by atoms with Crippen molar-refractivity contribution in [1.82, 2.24) is 0 Å². The summed E-state index contributed by atoms with van der Waals surface area (Å²) in [6.07, 6.45) is -10.2. The summed E-state index contributed by atoms with van der Waals surface area (Å²) in [6, 6.07) is 0. The Morgan fingerprint density at radius 2 is 1.72 bits per heavy atom. The molecule has 0 bridgehead atoms. The van der Waals surface area contributed by atoms with E-state index in [1.54, 1.807) is 13.8 Å². The molecule has 19 atom stereocenters. The van der Waals surface area contributed by atoms with Gasteiger partial charge < -0.3 is 49.6 Å². The predicted octanol–water partition coefficient (Wildman–Crippen LogP) is -1.62. The molecule has 0 spiro atoms. The van der Waals surface area contributed by atoms with Crippen LogP contribution < -0.4 is 0 Å². The van der Waals surface area contributed by atoms with Gasteiger partial charge >= 0.3 is 11.9 Å². The number of rotatable bonds is 5. The number of carbonyl (C=O) groups is 4. The van der Waals surface area contributed by atoms with Gasteiger partial charge in [-0.2, -0.15) is 0 Å². The fourth-order valence-corrected chi connectivity index (χ4v) is 11.3. The molecule has 2 saturated heterocycles. The Labute approximate surface area is 265 Å². The number of Topliss-reactive ketones (excluding diaryl/α,β-unsaturated/α-hetero) is 2. The molecule has 7 fully saturated rings. The number of hydrogen-bond donors (Lipinski definition) is 6. The van der Waals surface area contributed by atoms with Crippen LogP contribution in [0.4, 0.5) is 0 Å². The summed E-state index contributed by atoms with van der Waals surface area (Å²) >= 11 is 0. The highest BCUT2D eigenvalue weighted by Crippen LogP contribution is 2.75. The van der Waals surface area contributed by atoms with Crippen molar-refractivity contribution >= 4 is 23.5 Å². The first-order chi connectivity index (χ1) is 21.2. The van der Waals surface area contributed by atoms with Crippen molar-refractivity contribution in [2.75, 3.05) is 0 Å². The van der Waals surface area contributed by atoms with Crippen LogP contribution in [0, 0.1) is 46.3 Å². The summed E-state index contributed by atoms with van der Waals surface area (Å²) in [4.78, 5) is 53.7. The summed E-state index contributed by atoms with van der Waals surface area (Å²) in [6.45, 7) is 8.12. The molecule has 14 nitrogen and oxygen atoms in total. The van der Waals surface area contributed by atoms with Crippen LogP contribution in [0.1, 0.15) is 60.8 Å². The van der Waals surface area contributed by atoms with E-state index in [-0.39, 0.29) is 19.3 Å². The fraction of sp³-hybridized carbons (Fsp3) is 0.875. The van der Waals surface area contributed by atoms with Crippen LogP contribution in [-0.2, 0) is 38.1 Å². The first-order valence-electron chi connectivity index (χ1n) is 16.2. The molecule has 7 rings (SSSR count). The number of fused-ring (bicyclic) bond motifs is 9. The lowest BCUT2D eigenvalue weighted by Crippen LogP contribution is -2.76. The number of aliphatic hydroxyl groups excluding tert-OH is 4. The third-order valence-electron chi connectivity index (χ3n) is 13.4. The van der Waals surface area contributed by atoms with Crippen molar-refractivity contribution in [3.63, 3.8) is 0 Å². The molecule has 0 aromatic heterocycles. The van der Waals surface area contributed by atoms with Crippen LogP contribution in [0.25, 0.3) is 0 Å². The van der Waals surface area contributed by atoms with E-state index < -0.39 is 136 Å². The molecule has 5 saturated carbocycles. The van der Waals surface area contributed by atoms with Crippen LogP contribution >= 0.6 is 0 Å². The molecule has 7 aliphatic rings. The van der Waals surface area contributed by atoms with Gasteiger partial charge in [0.25, 0.3) is 0 Å². The molecule has 256 valence electrons. The van der Waals surface area contributed by atoms with Crippen LogP contribution in [0.5, 0.6) is 0 Å². The quantitative estimate of drug-likeness (QED) is 0.145. The molecule has 6 N–H and O–H groups in total. The van der Waals surface area contributed by atoms with Crippen LogP contribution in [0.15, 0.2) is 0 Å². The lowest BCUT2D eigenvalue weighted by Gasteiger charge is -2.65. The Bertz CT molecular complexity index is 1390. The Balaban J connectivity index is 1.39. The van der Waals surface area contributed by atoms with E-state index in [2.05, 4.69) is 0 Å². The van der Waals surface area contributed by atoms with Gasteiger partial charge in [0.2, 0.25) is 5.79 Å². The van der Waals surface area contributed by atoms with Gasteiger partial charge in [-0.1, -0.05) is 13.8 Å². The third-order valence-corrected chi connectivity index (χ3v) is 13.4. The van der Waals surface area contributed by atoms with Crippen molar-refractivity contribution in [3.8, 4) is 0 Å². The van der Waals surface area contributed by atoms with Crippen molar-refractivity contribution in [2.24, 2.45) is 46.3 Å². The molecular weight excluding hydrogens is 608 g/mol. The molecule has 0 aromatic carbocycles. The maximum atomic E-state index is 14.1. The Kier molecular flexibility index (Phi) is 6.75. The molecule has 0 radical (unpaired) electrons. The first kappa shape index (κ1) is 32.5. The number of hydrogen-bond acceptors (Lipinski definition) is 14. The standard InChI is InChI=1S/C32H44O14/c1-7-28(4,41)27(40)46-31-9-12-18(35)16-15-17(29(5)13(19(36)20(15)37)8-14-21(44-14)24(29)38)22(43-11(3)34)25(39)32(16,10(2)33)23(12)30(6,42)26(31)45-31/h12-18,20-26,35,37-39,41-42H,7-9H2,1-6H3/t12-,13-,14+,15?,16-,17?,18+,20-,21+,22+,23-,24+,25+,26-,28?,29+,30+,31-,32+/m1/s1. The minimum atomic E-state index is -2.07. The lowest BCUT2D eigenvalue weighted by atomic mass is 9.40. The SMILES string of the molecule is CCC(C)(O)C(=O)O[C@]12C[C@@H]3[C@H](O)[C@H]4C5C([C@H](OC(C)=O)[C@H](O)[C@]4(C(C)=O)[C@H]3[C@](C)(O)[C@H]1O2)[C@]1(C)[C@H](C[C@@H]2O[C@@H]2[C@@H]1O)C(=O)[C@@H]5O. The molecule has 2 heterocycles. The van der Waals surface area contributed by atoms with Gasteiger partial charge in [0.05, 0.1) is 29.3 Å². The van der Waals surface area contributed by atoms with Gasteiger partial charge in [-0.15, -0.1) is 0 Å². The van der Waals surface area contributed by atoms with Gasteiger partial charge in [-0.05, 0) is 39.5 Å². The second kappa shape index (κ2) is 9.56. The smallest absolute Gasteiger partial charge is 0.340 e. The zero-order chi connectivity index (χ0) is 33.8. The summed E-state index contributed by atoms with van der Waals surface area (Å²) in [5.41, 5.74) is -7.39. The normalized spacial score (nSPS) is 57.3. The van der Waals surface area contributed by atoms with E-state index >= 15 is 0 Å². The average Bonchev–Trinajstić information content (AvgIpc) is 3.88. The number of esters is 2. The molecule has 5 aliphatic carbocycles. The zero-order valence-corrected chi connectivity index (χ0v) is 26.7.